The van der Waals surface area contributed by atoms with Crippen molar-refractivity contribution >= 4 is 27.4 Å². The molecule has 4 heteroatoms. The minimum atomic E-state index is -0.296. The minimum absolute atomic E-state index is 0.296. The summed E-state index contributed by atoms with van der Waals surface area (Å²) in [6.45, 7) is 2.18. The number of carbonyl (C=O) groups is 1. The Kier molecular flexibility index (Phi) is 2.77. The van der Waals surface area contributed by atoms with Crippen molar-refractivity contribution in [3.05, 3.63) is 40.6 Å². The van der Waals surface area contributed by atoms with Crippen LogP contribution in [0.25, 0.3) is 5.52 Å². The van der Waals surface area contributed by atoms with Gasteiger partial charge in [-0.15, -0.1) is 0 Å². The topological polar surface area (TPSA) is 30.7 Å². The molecule has 0 atom stereocenters. The number of rotatable bonds is 2. The van der Waals surface area contributed by atoms with E-state index in [2.05, 4.69) is 15.9 Å². The van der Waals surface area contributed by atoms with Gasteiger partial charge in [0, 0.05) is 10.7 Å². The van der Waals surface area contributed by atoms with Gasteiger partial charge in [-0.1, -0.05) is 0 Å². The van der Waals surface area contributed by atoms with Crippen molar-refractivity contribution in [2.45, 2.75) is 6.92 Å². The Morgan fingerprint density at radius 3 is 3.00 bits per heavy atom. The first kappa shape index (κ1) is 10.2. The molecule has 78 valence electrons. The molecule has 0 unspecified atom stereocenters. The van der Waals surface area contributed by atoms with Crippen LogP contribution in [0, 0.1) is 0 Å². The number of carbonyl (C=O) groups excluding carboxylic acids is 1. The number of esters is 1. The zero-order valence-corrected chi connectivity index (χ0v) is 9.82. The van der Waals surface area contributed by atoms with Crippen LogP contribution in [0.1, 0.15) is 17.4 Å². The highest BCUT2D eigenvalue weighted by Crippen LogP contribution is 2.20. The summed E-state index contributed by atoms with van der Waals surface area (Å²) in [4.78, 5) is 11.6. The maximum absolute atomic E-state index is 11.6. The van der Waals surface area contributed by atoms with Crippen LogP contribution in [-0.2, 0) is 4.74 Å². The van der Waals surface area contributed by atoms with E-state index in [0.29, 0.717) is 12.3 Å². The molecule has 2 rings (SSSR count). The Balaban J connectivity index is 2.54. The van der Waals surface area contributed by atoms with Gasteiger partial charge in [-0.25, -0.2) is 4.79 Å². The molecule has 0 aliphatic carbocycles. The summed E-state index contributed by atoms with van der Waals surface area (Å²) in [7, 11) is 0. The first-order valence-corrected chi connectivity index (χ1v) is 5.46. The van der Waals surface area contributed by atoms with E-state index in [1.807, 2.05) is 28.8 Å². The molecule has 2 aromatic rings. The average molecular weight is 268 g/mol. The molecule has 0 N–H and O–H groups in total. The van der Waals surface area contributed by atoms with Crippen molar-refractivity contribution in [2.75, 3.05) is 6.61 Å². The van der Waals surface area contributed by atoms with E-state index < -0.39 is 0 Å². The van der Waals surface area contributed by atoms with Gasteiger partial charge < -0.3 is 9.14 Å². The molecule has 0 spiro atoms. The Bertz CT molecular complexity index is 504. The molecule has 0 aromatic carbocycles. The zero-order valence-electron chi connectivity index (χ0n) is 8.24. The van der Waals surface area contributed by atoms with Crippen molar-refractivity contribution in [2.24, 2.45) is 0 Å². The largest absolute Gasteiger partial charge is 0.461 e. The van der Waals surface area contributed by atoms with Gasteiger partial charge in [0.25, 0.3) is 0 Å². The van der Waals surface area contributed by atoms with E-state index in [1.54, 1.807) is 13.0 Å². The molecule has 2 heterocycles. The lowest BCUT2D eigenvalue weighted by Gasteiger charge is -2.03. The summed E-state index contributed by atoms with van der Waals surface area (Å²) in [6.07, 6.45) is 1.84. The molecule has 0 aliphatic heterocycles. The number of halogens is 1. The fourth-order valence-electron chi connectivity index (χ4n) is 1.47. The van der Waals surface area contributed by atoms with Crippen molar-refractivity contribution in [3.63, 3.8) is 0 Å². The summed E-state index contributed by atoms with van der Waals surface area (Å²) in [5.41, 5.74) is 1.51. The van der Waals surface area contributed by atoms with Crippen molar-refractivity contribution < 1.29 is 9.53 Å². The Morgan fingerprint density at radius 2 is 2.27 bits per heavy atom. The first-order valence-electron chi connectivity index (χ1n) is 4.66. The maximum atomic E-state index is 11.6. The molecule has 0 aliphatic rings. The highest BCUT2D eigenvalue weighted by Gasteiger charge is 2.12. The fourth-order valence-corrected chi connectivity index (χ4v) is 1.95. The second kappa shape index (κ2) is 4.06. The predicted molar refractivity (Wildman–Crippen MR) is 61.1 cm³/mol. The second-order valence-corrected chi connectivity index (χ2v) is 3.90. The Hall–Kier alpha value is -1.29. The van der Waals surface area contributed by atoms with Gasteiger partial charge in [0.2, 0.25) is 0 Å². The third-order valence-corrected chi connectivity index (χ3v) is 2.80. The SMILES string of the molecule is CCOC(=O)c1ccc2c(Br)cccn12. The standard InChI is InChI=1S/C11H10BrNO2/c1-2-15-11(14)10-6-5-9-8(12)4-3-7-13(9)10/h3-7H,2H2,1H3. The van der Waals surface area contributed by atoms with Crippen molar-refractivity contribution in [1.29, 1.82) is 0 Å². The van der Waals surface area contributed by atoms with Gasteiger partial charge in [0.05, 0.1) is 12.1 Å². The third kappa shape index (κ3) is 1.77. The van der Waals surface area contributed by atoms with E-state index in [1.165, 1.54) is 0 Å². The molecular formula is C11H10BrNO2. The van der Waals surface area contributed by atoms with Gasteiger partial charge >= 0.3 is 5.97 Å². The van der Waals surface area contributed by atoms with E-state index >= 15 is 0 Å². The lowest BCUT2D eigenvalue weighted by atomic mass is 10.4. The Morgan fingerprint density at radius 1 is 1.47 bits per heavy atom. The molecule has 0 saturated heterocycles. The highest BCUT2D eigenvalue weighted by atomic mass is 79.9. The molecule has 0 radical (unpaired) electrons. The van der Waals surface area contributed by atoms with Gasteiger partial charge in [-0.05, 0) is 47.1 Å². The normalized spacial score (nSPS) is 10.5. The third-order valence-electron chi connectivity index (χ3n) is 2.13. The van der Waals surface area contributed by atoms with E-state index in [4.69, 9.17) is 4.74 Å². The van der Waals surface area contributed by atoms with E-state index in [9.17, 15) is 4.79 Å². The molecule has 3 nitrogen and oxygen atoms in total. The van der Waals surface area contributed by atoms with Gasteiger partial charge in [0.1, 0.15) is 5.69 Å². The molecule has 0 amide bonds. The van der Waals surface area contributed by atoms with Crippen molar-refractivity contribution in [1.82, 2.24) is 4.40 Å². The van der Waals surface area contributed by atoms with Crippen LogP contribution in [0.15, 0.2) is 34.9 Å². The van der Waals surface area contributed by atoms with Gasteiger partial charge in [0.15, 0.2) is 0 Å². The number of aromatic nitrogens is 1. The molecule has 0 bridgehead atoms. The Labute approximate surface area is 95.8 Å². The molecular weight excluding hydrogens is 258 g/mol. The molecule has 0 saturated carbocycles. The number of pyridine rings is 1. The zero-order chi connectivity index (χ0) is 10.8. The summed E-state index contributed by atoms with van der Waals surface area (Å²) < 4.78 is 7.73. The number of fused-ring (bicyclic) bond motifs is 1. The molecule has 2 aromatic heterocycles. The van der Waals surface area contributed by atoms with Crippen LogP contribution in [0.3, 0.4) is 0 Å². The lowest BCUT2D eigenvalue weighted by Crippen LogP contribution is -2.07. The van der Waals surface area contributed by atoms with Crippen LogP contribution >= 0.6 is 15.9 Å². The quantitative estimate of drug-likeness (QED) is 0.784. The lowest BCUT2D eigenvalue weighted by molar-refractivity contribution is 0.0518. The summed E-state index contributed by atoms with van der Waals surface area (Å²) in [5, 5.41) is 0. The smallest absolute Gasteiger partial charge is 0.355 e. The second-order valence-electron chi connectivity index (χ2n) is 3.05. The number of ether oxygens (including phenoxy) is 1. The van der Waals surface area contributed by atoms with Crippen LogP contribution < -0.4 is 0 Å². The first-order chi connectivity index (χ1) is 7.24. The predicted octanol–water partition coefficient (Wildman–Crippen LogP) is 2.88. The minimum Gasteiger partial charge on any atom is -0.461 e. The fraction of sp³-hybridized carbons (Fsp3) is 0.182. The van der Waals surface area contributed by atoms with Crippen molar-refractivity contribution in [3.8, 4) is 0 Å². The number of nitrogens with zero attached hydrogens (tertiary/aromatic N) is 1. The number of hydrogen-bond acceptors (Lipinski definition) is 2. The monoisotopic (exact) mass is 267 g/mol. The van der Waals surface area contributed by atoms with Gasteiger partial charge in [-0.3, -0.25) is 0 Å². The summed E-state index contributed by atoms with van der Waals surface area (Å²) in [6, 6.07) is 7.46. The molecule has 15 heavy (non-hydrogen) atoms. The van der Waals surface area contributed by atoms with Crippen LogP contribution in [-0.4, -0.2) is 17.0 Å². The maximum Gasteiger partial charge on any atom is 0.355 e. The van der Waals surface area contributed by atoms with Gasteiger partial charge in [-0.2, -0.15) is 0 Å². The summed E-state index contributed by atoms with van der Waals surface area (Å²) in [5.74, 6) is -0.296. The number of hydrogen-bond donors (Lipinski definition) is 0. The van der Waals surface area contributed by atoms with E-state index in [-0.39, 0.29) is 5.97 Å². The van der Waals surface area contributed by atoms with E-state index in [0.717, 1.165) is 9.99 Å². The van der Waals surface area contributed by atoms with Crippen LogP contribution in [0.4, 0.5) is 0 Å². The highest BCUT2D eigenvalue weighted by molar-refractivity contribution is 9.10. The molecule has 0 fully saturated rings. The van der Waals surface area contributed by atoms with Crippen LogP contribution in [0.5, 0.6) is 0 Å². The van der Waals surface area contributed by atoms with Crippen LogP contribution in [0.2, 0.25) is 0 Å². The summed E-state index contributed by atoms with van der Waals surface area (Å²) >= 11 is 3.43. The average Bonchev–Trinajstić information content (AvgIpc) is 2.63.